The lowest BCUT2D eigenvalue weighted by molar-refractivity contribution is -0.0931. The summed E-state index contributed by atoms with van der Waals surface area (Å²) < 4.78 is 0. The molecule has 0 aromatic rings. The van der Waals surface area contributed by atoms with Crippen LogP contribution in [0.25, 0.3) is 0 Å². The summed E-state index contributed by atoms with van der Waals surface area (Å²) in [6.45, 7) is 16.9. The van der Waals surface area contributed by atoms with Crippen molar-refractivity contribution in [3.05, 3.63) is 22.8 Å². The van der Waals surface area contributed by atoms with Gasteiger partial charge >= 0.3 is 0 Å². The number of hydrogen-bond donors (Lipinski definition) is 1. The number of rotatable bonds is 4. The number of hydrogen-bond acceptors (Lipinski definition) is 1. The third-order valence-electron chi connectivity index (χ3n) is 10.8. The van der Waals surface area contributed by atoms with Crippen molar-refractivity contribution in [2.75, 3.05) is 0 Å². The summed E-state index contributed by atoms with van der Waals surface area (Å²) in [6, 6.07) is 0. The highest BCUT2D eigenvalue weighted by atomic mass is 16.3. The SMILES string of the molecule is CC(C)=CCC[C@@H](C)[C@H]1CC[C@H]2C3=C(CC[C@]12C)[C@@]1(C)CCC(O)C(C)(C)C1CC3. The van der Waals surface area contributed by atoms with Crippen molar-refractivity contribution >= 4 is 0 Å². The first kappa shape index (κ1) is 22.6. The standard InChI is InChI=1S/C29H48O/c1-19(2)9-8-10-20(3)22-12-13-23-21-11-14-25-27(4,5)26(30)16-18-29(25,7)24(21)15-17-28(22,23)6/h9,20,22-23,25-26,30H,8,10-18H2,1-7H3/t20-,22-,23+,25?,26?,28-,29-/m1/s1. The lowest BCUT2D eigenvalue weighted by atomic mass is 9.46. The molecule has 0 amide bonds. The van der Waals surface area contributed by atoms with Gasteiger partial charge in [0.1, 0.15) is 0 Å². The molecule has 0 spiro atoms. The Labute approximate surface area is 186 Å². The van der Waals surface area contributed by atoms with Crippen LogP contribution in [0.1, 0.15) is 113 Å². The summed E-state index contributed by atoms with van der Waals surface area (Å²) >= 11 is 0. The van der Waals surface area contributed by atoms with Crippen LogP contribution in [0.2, 0.25) is 0 Å². The van der Waals surface area contributed by atoms with E-state index in [4.69, 9.17) is 0 Å². The fraction of sp³-hybridized carbons (Fsp3) is 0.862. The highest BCUT2D eigenvalue weighted by molar-refractivity contribution is 5.35. The smallest absolute Gasteiger partial charge is 0.0594 e. The molecule has 0 aliphatic heterocycles. The van der Waals surface area contributed by atoms with Crippen LogP contribution in [0.15, 0.2) is 22.8 Å². The van der Waals surface area contributed by atoms with Crippen LogP contribution in [0.5, 0.6) is 0 Å². The average molecular weight is 413 g/mol. The molecule has 1 heteroatoms. The second kappa shape index (κ2) is 7.79. The van der Waals surface area contributed by atoms with Gasteiger partial charge in [-0.1, -0.05) is 57.4 Å². The fourth-order valence-electron chi connectivity index (χ4n) is 9.10. The average Bonchev–Trinajstić information content (AvgIpc) is 3.02. The number of allylic oxidation sites excluding steroid dienone is 4. The number of aliphatic hydroxyl groups excluding tert-OH is 1. The molecule has 1 N–H and O–H groups in total. The zero-order valence-electron chi connectivity index (χ0n) is 21.0. The maximum absolute atomic E-state index is 10.8. The summed E-state index contributed by atoms with van der Waals surface area (Å²) in [5.41, 5.74) is 6.15. The Bertz CT molecular complexity index is 723. The van der Waals surface area contributed by atoms with Crippen LogP contribution in [0.4, 0.5) is 0 Å². The van der Waals surface area contributed by atoms with E-state index in [9.17, 15) is 5.11 Å². The van der Waals surface area contributed by atoms with Crippen LogP contribution in [-0.2, 0) is 0 Å². The van der Waals surface area contributed by atoms with Gasteiger partial charge in [-0.05, 0) is 118 Å². The van der Waals surface area contributed by atoms with E-state index in [1.54, 1.807) is 0 Å². The van der Waals surface area contributed by atoms with E-state index in [1.165, 1.54) is 63.4 Å². The first-order chi connectivity index (χ1) is 14.0. The Hall–Kier alpha value is -0.560. The zero-order chi connectivity index (χ0) is 21.9. The van der Waals surface area contributed by atoms with Gasteiger partial charge in [0.15, 0.2) is 0 Å². The van der Waals surface area contributed by atoms with E-state index in [0.29, 0.717) is 16.7 Å². The van der Waals surface area contributed by atoms with Crippen molar-refractivity contribution in [2.45, 2.75) is 119 Å². The Balaban J connectivity index is 1.59. The predicted octanol–water partition coefficient (Wildman–Crippen LogP) is 8.09. The molecule has 0 radical (unpaired) electrons. The summed E-state index contributed by atoms with van der Waals surface area (Å²) in [4.78, 5) is 0. The third-order valence-corrected chi connectivity index (χ3v) is 10.8. The van der Waals surface area contributed by atoms with E-state index < -0.39 is 0 Å². The van der Waals surface area contributed by atoms with Gasteiger partial charge in [-0.3, -0.25) is 0 Å². The van der Waals surface area contributed by atoms with Gasteiger partial charge in [-0.15, -0.1) is 0 Å². The van der Waals surface area contributed by atoms with Crippen molar-refractivity contribution in [1.82, 2.24) is 0 Å². The van der Waals surface area contributed by atoms with Gasteiger partial charge in [0.05, 0.1) is 6.10 Å². The van der Waals surface area contributed by atoms with E-state index in [0.717, 1.165) is 24.2 Å². The summed E-state index contributed by atoms with van der Waals surface area (Å²) in [6.07, 6.45) is 15.3. The lowest BCUT2D eigenvalue weighted by Crippen LogP contribution is -2.53. The minimum absolute atomic E-state index is 0.0595. The first-order valence-corrected chi connectivity index (χ1v) is 13.1. The third kappa shape index (κ3) is 3.37. The monoisotopic (exact) mass is 412 g/mol. The van der Waals surface area contributed by atoms with Crippen LogP contribution >= 0.6 is 0 Å². The minimum atomic E-state index is -0.121. The quantitative estimate of drug-likeness (QED) is 0.462. The first-order valence-electron chi connectivity index (χ1n) is 13.1. The Morgan fingerprint density at radius 1 is 1.03 bits per heavy atom. The lowest BCUT2D eigenvalue weighted by Gasteiger charge is -2.60. The predicted molar refractivity (Wildman–Crippen MR) is 128 cm³/mol. The van der Waals surface area contributed by atoms with Crippen LogP contribution in [0, 0.1) is 39.9 Å². The molecule has 0 aromatic heterocycles. The van der Waals surface area contributed by atoms with Gasteiger partial charge in [0.2, 0.25) is 0 Å². The number of fused-ring (bicyclic) bond motifs is 4. The van der Waals surface area contributed by atoms with E-state index in [2.05, 4.69) is 54.5 Å². The van der Waals surface area contributed by atoms with Crippen LogP contribution < -0.4 is 0 Å². The highest BCUT2D eigenvalue weighted by Gasteiger charge is 2.59. The van der Waals surface area contributed by atoms with Gasteiger partial charge < -0.3 is 5.11 Å². The highest BCUT2D eigenvalue weighted by Crippen LogP contribution is 2.68. The molecule has 7 atom stereocenters. The minimum Gasteiger partial charge on any atom is -0.393 e. The van der Waals surface area contributed by atoms with Gasteiger partial charge in [0.25, 0.3) is 0 Å². The summed E-state index contributed by atoms with van der Waals surface area (Å²) in [5, 5.41) is 10.8. The topological polar surface area (TPSA) is 20.2 Å². The molecule has 2 fully saturated rings. The van der Waals surface area contributed by atoms with E-state index >= 15 is 0 Å². The summed E-state index contributed by atoms with van der Waals surface area (Å²) in [7, 11) is 0. The van der Waals surface area contributed by atoms with Crippen LogP contribution in [-0.4, -0.2) is 11.2 Å². The van der Waals surface area contributed by atoms with Crippen LogP contribution in [0.3, 0.4) is 0 Å². The molecule has 2 saturated carbocycles. The summed E-state index contributed by atoms with van der Waals surface area (Å²) in [5.74, 6) is 3.23. The number of aliphatic hydroxyl groups is 1. The molecule has 4 aliphatic rings. The van der Waals surface area contributed by atoms with Gasteiger partial charge in [-0.25, -0.2) is 0 Å². The van der Waals surface area contributed by atoms with E-state index in [1.807, 2.05) is 11.1 Å². The molecular weight excluding hydrogens is 364 g/mol. The van der Waals surface area contributed by atoms with Crippen molar-refractivity contribution in [1.29, 1.82) is 0 Å². The zero-order valence-corrected chi connectivity index (χ0v) is 21.0. The molecule has 4 aliphatic carbocycles. The van der Waals surface area contributed by atoms with E-state index in [-0.39, 0.29) is 11.5 Å². The van der Waals surface area contributed by atoms with Gasteiger partial charge in [0, 0.05) is 0 Å². The molecule has 170 valence electrons. The molecular formula is C29H48O. The molecule has 30 heavy (non-hydrogen) atoms. The molecule has 0 saturated heterocycles. The molecule has 0 bridgehead atoms. The molecule has 0 heterocycles. The van der Waals surface area contributed by atoms with Gasteiger partial charge in [-0.2, -0.15) is 0 Å². The molecule has 0 aromatic carbocycles. The maximum atomic E-state index is 10.8. The molecule has 2 unspecified atom stereocenters. The Morgan fingerprint density at radius 3 is 2.47 bits per heavy atom. The molecule has 1 nitrogen and oxygen atoms in total. The Morgan fingerprint density at radius 2 is 1.77 bits per heavy atom. The van der Waals surface area contributed by atoms with Crippen molar-refractivity contribution < 1.29 is 5.11 Å². The fourth-order valence-corrected chi connectivity index (χ4v) is 9.10. The normalized spacial score (nSPS) is 43.5. The van der Waals surface area contributed by atoms with Crippen molar-refractivity contribution in [3.8, 4) is 0 Å². The largest absolute Gasteiger partial charge is 0.393 e. The maximum Gasteiger partial charge on any atom is 0.0594 e. The van der Waals surface area contributed by atoms with Crippen molar-refractivity contribution in [2.24, 2.45) is 39.9 Å². The van der Waals surface area contributed by atoms with Crippen molar-refractivity contribution in [3.63, 3.8) is 0 Å². The molecule has 4 rings (SSSR count). The second-order valence-corrected chi connectivity index (χ2v) is 13.0. The second-order valence-electron chi connectivity index (χ2n) is 13.0. The Kier molecular flexibility index (Phi) is 5.87.